The monoisotopic (exact) mass is 208 g/mol. The molecule has 0 amide bonds. The van der Waals surface area contributed by atoms with Crippen LogP contribution in [0.4, 0.5) is 0 Å². The molecule has 0 saturated carbocycles. The Morgan fingerprint density at radius 3 is 3.00 bits per heavy atom. The second-order valence-electron chi connectivity index (χ2n) is 2.97. The van der Waals surface area contributed by atoms with Crippen LogP contribution in [0.25, 0.3) is 10.9 Å². The van der Waals surface area contributed by atoms with Crippen molar-refractivity contribution in [1.82, 2.24) is 9.78 Å². The first kappa shape index (κ1) is 9.21. The third-order valence-corrected chi connectivity index (χ3v) is 2.46. The maximum Gasteiger partial charge on any atom is 0.158 e. The van der Waals surface area contributed by atoms with Gasteiger partial charge in [-0.3, -0.25) is 9.48 Å². The number of aryl methyl sites for hydroxylation is 1. The summed E-state index contributed by atoms with van der Waals surface area (Å²) < 4.78 is 1.74. The van der Waals surface area contributed by atoms with Crippen LogP contribution in [0.3, 0.4) is 0 Å². The van der Waals surface area contributed by atoms with Crippen LogP contribution < -0.4 is 0 Å². The Bertz CT molecular complexity index is 490. The number of nitrogens with zero attached hydrogens (tertiary/aromatic N) is 2. The number of aldehydes is 1. The van der Waals surface area contributed by atoms with Gasteiger partial charge in [0.2, 0.25) is 0 Å². The predicted octanol–water partition coefficient (Wildman–Crippen LogP) is 2.52. The van der Waals surface area contributed by atoms with Crippen LogP contribution >= 0.6 is 11.6 Å². The largest absolute Gasteiger partial charge is 0.298 e. The van der Waals surface area contributed by atoms with Gasteiger partial charge < -0.3 is 0 Å². The molecule has 0 radical (unpaired) electrons. The zero-order valence-electron chi connectivity index (χ0n) is 7.70. The smallest absolute Gasteiger partial charge is 0.158 e. The van der Waals surface area contributed by atoms with Crippen molar-refractivity contribution in [2.24, 2.45) is 0 Å². The number of benzene rings is 1. The molecule has 0 N–H and O–H groups in total. The van der Waals surface area contributed by atoms with Crippen molar-refractivity contribution in [3.05, 3.63) is 28.9 Å². The van der Waals surface area contributed by atoms with Crippen LogP contribution in [0.2, 0.25) is 5.15 Å². The molecule has 2 rings (SSSR count). The average molecular weight is 209 g/mol. The summed E-state index contributed by atoms with van der Waals surface area (Å²) in [5, 5.41) is 5.42. The van der Waals surface area contributed by atoms with Gasteiger partial charge >= 0.3 is 0 Å². The van der Waals surface area contributed by atoms with E-state index in [4.69, 9.17) is 11.6 Å². The van der Waals surface area contributed by atoms with E-state index in [1.165, 1.54) is 0 Å². The third-order valence-electron chi connectivity index (χ3n) is 2.18. The van der Waals surface area contributed by atoms with Gasteiger partial charge in [-0.15, -0.1) is 0 Å². The summed E-state index contributed by atoms with van der Waals surface area (Å²) >= 11 is 5.94. The minimum Gasteiger partial charge on any atom is -0.298 e. The number of rotatable bonds is 2. The summed E-state index contributed by atoms with van der Waals surface area (Å²) in [4.78, 5) is 10.8. The first-order valence-electron chi connectivity index (χ1n) is 4.38. The van der Waals surface area contributed by atoms with E-state index in [0.29, 0.717) is 17.3 Å². The van der Waals surface area contributed by atoms with Crippen molar-refractivity contribution in [1.29, 1.82) is 0 Å². The molecule has 0 fully saturated rings. The number of carbonyl (C=O) groups excluding carboxylic acids is 1. The minimum atomic E-state index is 0.450. The summed E-state index contributed by atoms with van der Waals surface area (Å²) in [5.74, 6) is 0. The summed E-state index contributed by atoms with van der Waals surface area (Å²) in [5.41, 5.74) is 1.44. The molecule has 0 spiro atoms. The molecule has 0 aliphatic heterocycles. The second kappa shape index (κ2) is 3.42. The molecular weight excluding hydrogens is 200 g/mol. The molecule has 0 aliphatic carbocycles. The molecule has 0 saturated heterocycles. The first-order chi connectivity index (χ1) is 6.77. The summed E-state index contributed by atoms with van der Waals surface area (Å²) in [6.45, 7) is 2.67. The Morgan fingerprint density at radius 1 is 1.57 bits per heavy atom. The van der Waals surface area contributed by atoms with Gasteiger partial charge in [0.1, 0.15) is 0 Å². The topological polar surface area (TPSA) is 34.9 Å². The van der Waals surface area contributed by atoms with E-state index in [1.807, 2.05) is 13.0 Å². The van der Waals surface area contributed by atoms with Crippen LogP contribution in [-0.4, -0.2) is 16.1 Å². The van der Waals surface area contributed by atoms with Crippen molar-refractivity contribution < 1.29 is 4.79 Å². The summed E-state index contributed by atoms with van der Waals surface area (Å²) in [6, 6.07) is 5.43. The lowest BCUT2D eigenvalue weighted by molar-refractivity contribution is 0.112. The highest BCUT2D eigenvalue weighted by atomic mass is 35.5. The third kappa shape index (κ3) is 1.21. The fourth-order valence-electron chi connectivity index (χ4n) is 1.55. The molecule has 0 atom stereocenters. The number of para-hydroxylation sites is 1. The second-order valence-corrected chi connectivity index (χ2v) is 3.33. The van der Waals surface area contributed by atoms with E-state index >= 15 is 0 Å². The highest BCUT2D eigenvalue weighted by Crippen LogP contribution is 2.24. The molecule has 14 heavy (non-hydrogen) atoms. The van der Waals surface area contributed by atoms with Crippen molar-refractivity contribution in [3.63, 3.8) is 0 Å². The van der Waals surface area contributed by atoms with Gasteiger partial charge in [-0.25, -0.2) is 0 Å². The van der Waals surface area contributed by atoms with E-state index in [9.17, 15) is 4.79 Å². The van der Waals surface area contributed by atoms with Crippen molar-refractivity contribution >= 4 is 28.8 Å². The van der Waals surface area contributed by atoms with Crippen LogP contribution in [0.5, 0.6) is 0 Å². The van der Waals surface area contributed by atoms with Gasteiger partial charge in [0.25, 0.3) is 0 Å². The number of halogens is 1. The number of hydrogen-bond acceptors (Lipinski definition) is 2. The Kier molecular flexibility index (Phi) is 2.25. The Morgan fingerprint density at radius 2 is 2.36 bits per heavy atom. The molecule has 0 unspecified atom stereocenters. The molecule has 2 aromatic rings. The quantitative estimate of drug-likeness (QED) is 0.711. The van der Waals surface area contributed by atoms with Gasteiger partial charge in [0.15, 0.2) is 11.4 Å². The Balaban J connectivity index is 2.89. The van der Waals surface area contributed by atoms with Gasteiger partial charge in [-0.1, -0.05) is 17.7 Å². The zero-order valence-corrected chi connectivity index (χ0v) is 8.45. The number of fused-ring (bicyclic) bond motifs is 1. The predicted molar refractivity (Wildman–Crippen MR) is 55.8 cm³/mol. The molecule has 1 aromatic heterocycles. The van der Waals surface area contributed by atoms with Gasteiger partial charge in [0, 0.05) is 17.5 Å². The van der Waals surface area contributed by atoms with E-state index in [1.54, 1.807) is 16.8 Å². The zero-order chi connectivity index (χ0) is 10.1. The molecule has 72 valence electrons. The lowest BCUT2D eigenvalue weighted by Gasteiger charge is -1.99. The maximum atomic E-state index is 10.8. The maximum absolute atomic E-state index is 10.8. The highest BCUT2D eigenvalue weighted by Gasteiger charge is 2.10. The van der Waals surface area contributed by atoms with Crippen LogP contribution in [0.1, 0.15) is 17.3 Å². The van der Waals surface area contributed by atoms with Gasteiger partial charge in [-0.2, -0.15) is 5.10 Å². The Hall–Kier alpha value is -1.35. The minimum absolute atomic E-state index is 0.450. The van der Waals surface area contributed by atoms with Crippen molar-refractivity contribution in [2.45, 2.75) is 13.5 Å². The van der Waals surface area contributed by atoms with E-state index in [0.717, 1.165) is 17.2 Å². The SMILES string of the molecule is CCn1nc(Cl)c2cccc(C=O)c21. The fourth-order valence-corrected chi connectivity index (χ4v) is 1.79. The van der Waals surface area contributed by atoms with Crippen LogP contribution in [0.15, 0.2) is 18.2 Å². The standard InChI is InChI=1S/C10H9ClN2O/c1-2-13-9-7(6-14)4-3-5-8(9)10(11)12-13/h3-6H,2H2,1H3. The van der Waals surface area contributed by atoms with Crippen LogP contribution in [0, 0.1) is 0 Å². The van der Waals surface area contributed by atoms with E-state index in [2.05, 4.69) is 5.10 Å². The molecule has 1 aromatic carbocycles. The molecule has 1 heterocycles. The average Bonchev–Trinajstić information content (AvgIpc) is 2.56. The molecule has 0 aliphatic rings. The first-order valence-corrected chi connectivity index (χ1v) is 4.76. The molecular formula is C10H9ClN2O. The van der Waals surface area contributed by atoms with E-state index in [-0.39, 0.29) is 0 Å². The lowest BCUT2D eigenvalue weighted by Crippen LogP contribution is -1.98. The number of aromatic nitrogens is 2. The van der Waals surface area contributed by atoms with Crippen LogP contribution in [-0.2, 0) is 6.54 Å². The van der Waals surface area contributed by atoms with Crippen molar-refractivity contribution in [2.75, 3.05) is 0 Å². The van der Waals surface area contributed by atoms with Gasteiger partial charge in [-0.05, 0) is 19.1 Å². The molecule has 0 bridgehead atoms. The van der Waals surface area contributed by atoms with E-state index < -0.39 is 0 Å². The normalized spacial score (nSPS) is 10.7. The summed E-state index contributed by atoms with van der Waals surface area (Å²) in [6.07, 6.45) is 0.826. The lowest BCUT2D eigenvalue weighted by atomic mass is 10.1. The Labute approximate surface area is 86.3 Å². The number of hydrogen-bond donors (Lipinski definition) is 0. The van der Waals surface area contributed by atoms with Gasteiger partial charge in [0.05, 0.1) is 5.52 Å². The van der Waals surface area contributed by atoms with Crippen molar-refractivity contribution in [3.8, 4) is 0 Å². The highest BCUT2D eigenvalue weighted by molar-refractivity contribution is 6.34. The number of carbonyl (C=O) groups is 1. The fraction of sp³-hybridized carbons (Fsp3) is 0.200. The summed E-state index contributed by atoms with van der Waals surface area (Å²) in [7, 11) is 0. The molecule has 4 heteroatoms. The molecule has 3 nitrogen and oxygen atoms in total.